The largest absolute Gasteiger partial charge is 0.460 e. The van der Waals surface area contributed by atoms with E-state index in [9.17, 15) is 0 Å². The molecule has 0 radical (unpaired) electrons. The summed E-state index contributed by atoms with van der Waals surface area (Å²) in [5, 5.41) is 0. The highest BCUT2D eigenvalue weighted by atomic mass is 16.5. The van der Waals surface area contributed by atoms with Crippen molar-refractivity contribution in [2.45, 2.75) is 19.1 Å². The number of rotatable bonds is 4. The quantitative estimate of drug-likeness (QED) is 0.832. The van der Waals surface area contributed by atoms with Gasteiger partial charge < -0.3 is 15.2 Å². The molecule has 4 nitrogen and oxygen atoms in total. The highest BCUT2D eigenvalue weighted by Gasteiger charge is 2.15. The minimum absolute atomic E-state index is 0.0428. The van der Waals surface area contributed by atoms with Crippen LogP contribution in [-0.4, -0.2) is 25.3 Å². The SMILES string of the molecule is NC1=NCCC(COCc2ccccc2)O1. The lowest BCUT2D eigenvalue weighted by molar-refractivity contribution is 0.0268. The van der Waals surface area contributed by atoms with Crippen LogP contribution in [-0.2, 0) is 16.1 Å². The Labute approximate surface area is 95.1 Å². The summed E-state index contributed by atoms with van der Waals surface area (Å²) < 4.78 is 10.9. The summed E-state index contributed by atoms with van der Waals surface area (Å²) in [4.78, 5) is 3.96. The number of aliphatic imine (C=N–C) groups is 1. The molecule has 1 atom stereocenters. The van der Waals surface area contributed by atoms with E-state index in [-0.39, 0.29) is 12.1 Å². The Balaban J connectivity index is 1.71. The first-order valence-corrected chi connectivity index (χ1v) is 5.43. The van der Waals surface area contributed by atoms with Gasteiger partial charge in [-0.05, 0) is 5.56 Å². The predicted molar refractivity (Wildman–Crippen MR) is 62.1 cm³/mol. The molecular weight excluding hydrogens is 204 g/mol. The van der Waals surface area contributed by atoms with Crippen molar-refractivity contribution in [2.75, 3.05) is 13.2 Å². The van der Waals surface area contributed by atoms with E-state index in [0.29, 0.717) is 13.2 Å². The molecule has 4 heteroatoms. The molecule has 1 unspecified atom stereocenters. The van der Waals surface area contributed by atoms with Crippen LogP contribution in [0.3, 0.4) is 0 Å². The lowest BCUT2D eigenvalue weighted by atomic mass is 10.2. The molecule has 0 fully saturated rings. The normalized spacial score (nSPS) is 20.0. The van der Waals surface area contributed by atoms with Gasteiger partial charge >= 0.3 is 0 Å². The number of hydrogen-bond acceptors (Lipinski definition) is 4. The average Bonchev–Trinajstić information content (AvgIpc) is 2.30. The summed E-state index contributed by atoms with van der Waals surface area (Å²) in [5.41, 5.74) is 6.65. The van der Waals surface area contributed by atoms with E-state index in [1.54, 1.807) is 0 Å². The number of ether oxygens (including phenoxy) is 2. The maximum Gasteiger partial charge on any atom is 0.282 e. The van der Waals surface area contributed by atoms with Crippen molar-refractivity contribution in [1.29, 1.82) is 0 Å². The standard InChI is InChI=1S/C12H16N2O2/c13-12-14-7-6-11(16-12)9-15-8-10-4-2-1-3-5-10/h1-5,11H,6-9H2,(H2,13,14). The molecule has 1 aromatic rings. The van der Waals surface area contributed by atoms with Crippen LogP contribution in [0.5, 0.6) is 0 Å². The monoisotopic (exact) mass is 220 g/mol. The number of nitrogens with zero attached hydrogens (tertiary/aromatic N) is 1. The first-order valence-electron chi connectivity index (χ1n) is 5.43. The Bertz CT molecular complexity index is 351. The number of amidine groups is 1. The zero-order chi connectivity index (χ0) is 11.2. The molecule has 1 heterocycles. The first-order chi connectivity index (χ1) is 7.84. The molecule has 1 aliphatic rings. The second kappa shape index (κ2) is 5.51. The fourth-order valence-electron chi connectivity index (χ4n) is 1.59. The second-order valence-corrected chi connectivity index (χ2v) is 3.75. The third-order valence-electron chi connectivity index (χ3n) is 2.42. The van der Waals surface area contributed by atoms with Crippen LogP contribution in [0.4, 0.5) is 0 Å². The Morgan fingerprint density at radius 1 is 1.38 bits per heavy atom. The van der Waals surface area contributed by atoms with Gasteiger partial charge in [0.15, 0.2) is 0 Å². The molecule has 0 spiro atoms. The van der Waals surface area contributed by atoms with Crippen LogP contribution in [0.2, 0.25) is 0 Å². The van der Waals surface area contributed by atoms with E-state index in [1.165, 1.54) is 5.56 Å². The van der Waals surface area contributed by atoms with Crippen molar-refractivity contribution in [1.82, 2.24) is 0 Å². The summed E-state index contributed by atoms with van der Waals surface area (Å²) in [6.07, 6.45) is 0.913. The number of nitrogens with two attached hydrogens (primary N) is 1. The van der Waals surface area contributed by atoms with Gasteiger partial charge in [0.25, 0.3) is 6.02 Å². The van der Waals surface area contributed by atoms with Gasteiger partial charge in [-0.3, -0.25) is 0 Å². The molecule has 1 aromatic carbocycles. The Kier molecular flexibility index (Phi) is 3.77. The molecule has 0 aromatic heterocycles. The Morgan fingerprint density at radius 3 is 2.94 bits per heavy atom. The van der Waals surface area contributed by atoms with Gasteiger partial charge in [0.2, 0.25) is 0 Å². The van der Waals surface area contributed by atoms with Crippen molar-refractivity contribution in [2.24, 2.45) is 10.7 Å². The molecular formula is C12H16N2O2. The topological polar surface area (TPSA) is 56.8 Å². The van der Waals surface area contributed by atoms with Crippen molar-refractivity contribution in [3.63, 3.8) is 0 Å². The van der Waals surface area contributed by atoms with Crippen molar-refractivity contribution < 1.29 is 9.47 Å². The molecule has 0 bridgehead atoms. The number of benzene rings is 1. The molecule has 16 heavy (non-hydrogen) atoms. The highest BCUT2D eigenvalue weighted by molar-refractivity contribution is 5.72. The van der Waals surface area contributed by atoms with Gasteiger partial charge in [-0.2, -0.15) is 0 Å². The molecule has 0 aliphatic carbocycles. The lowest BCUT2D eigenvalue weighted by Gasteiger charge is -2.21. The summed E-state index contributed by atoms with van der Waals surface area (Å²) in [6, 6.07) is 10.3. The summed E-state index contributed by atoms with van der Waals surface area (Å²) in [5.74, 6) is 0. The van der Waals surface area contributed by atoms with E-state index in [0.717, 1.165) is 13.0 Å². The van der Waals surface area contributed by atoms with Crippen LogP contribution in [0.25, 0.3) is 0 Å². The molecule has 0 saturated carbocycles. The third kappa shape index (κ3) is 3.24. The van der Waals surface area contributed by atoms with Gasteiger partial charge in [-0.1, -0.05) is 30.3 Å². The summed E-state index contributed by atoms with van der Waals surface area (Å²) in [7, 11) is 0. The van der Waals surface area contributed by atoms with Crippen LogP contribution < -0.4 is 5.73 Å². The number of hydrogen-bond donors (Lipinski definition) is 1. The predicted octanol–water partition coefficient (Wildman–Crippen LogP) is 1.31. The molecule has 0 saturated heterocycles. The first kappa shape index (κ1) is 11.0. The van der Waals surface area contributed by atoms with Gasteiger partial charge in [0.1, 0.15) is 6.10 Å². The van der Waals surface area contributed by atoms with Gasteiger partial charge in [-0.25, -0.2) is 4.99 Å². The minimum atomic E-state index is 0.0428. The molecule has 1 aliphatic heterocycles. The van der Waals surface area contributed by atoms with E-state index < -0.39 is 0 Å². The maximum absolute atomic E-state index is 5.57. The van der Waals surface area contributed by atoms with Crippen LogP contribution >= 0.6 is 0 Å². The van der Waals surface area contributed by atoms with Crippen LogP contribution in [0, 0.1) is 0 Å². The minimum Gasteiger partial charge on any atom is -0.460 e. The van der Waals surface area contributed by atoms with Crippen molar-refractivity contribution in [3.8, 4) is 0 Å². The van der Waals surface area contributed by atoms with E-state index in [2.05, 4.69) is 4.99 Å². The highest BCUT2D eigenvalue weighted by Crippen LogP contribution is 2.07. The second-order valence-electron chi connectivity index (χ2n) is 3.75. The molecule has 86 valence electrons. The zero-order valence-electron chi connectivity index (χ0n) is 9.13. The summed E-state index contributed by atoms with van der Waals surface area (Å²) in [6.45, 7) is 1.90. The Hall–Kier alpha value is -1.55. The molecule has 2 rings (SSSR count). The Morgan fingerprint density at radius 2 is 2.19 bits per heavy atom. The van der Waals surface area contributed by atoms with E-state index in [1.807, 2.05) is 30.3 Å². The van der Waals surface area contributed by atoms with Crippen molar-refractivity contribution in [3.05, 3.63) is 35.9 Å². The maximum atomic E-state index is 5.57. The lowest BCUT2D eigenvalue weighted by Crippen LogP contribution is -2.32. The average molecular weight is 220 g/mol. The molecule has 0 amide bonds. The van der Waals surface area contributed by atoms with Gasteiger partial charge in [0, 0.05) is 13.0 Å². The van der Waals surface area contributed by atoms with Gasteiger partial charge in [-0.15, -0.1) is 0 Å². The third-order valence-corrected chi connectivity index (χ3v) is 2.42. The summed E-state index contributed by atoms with van der Waals surface area (Å²) >= 11 is 0. The molecule has 2 N–H and O–H groups in total. The fourth-order valence-corrected chi connectivity index (χ4v) is 1.59. The van der Waals surface area contributed by atoms with Crippen molar-refractivity contribution >= 4 is 6.02 Å². The smallest absolute Gasteiger partial charge is 0.282 e. The zero-order valence-corrected chi connectivity index (χ0v) is 9.13. The van der Waals surface area contributed by atoms with Crippen LogP contribution in [0.1, 0.15) is 12.0 Å². The van der Waals surface area contributed by atoms with E-state index >= 15 is 0 Å². The van der Waals surface area contributed by atoms with Gasteiger partial charge in [0.05, 0.1) is 13.2 Å². The van der Waals surface area contributed by atoms with E-state index in [4.69, 9.17) is 15.2 Å². The fraction of sp³-hybridized carbons (Fsp3) is 0.417. The van der Waals surface area contributed by atoms with Crippen LogP contribution in [0.15, 0.2) is 35.3 Å².